The highest BCUT2D eigenvalue weighted by atomic mass is 35.5. The zero-order valence-corrected chi connectivity index (χ0v) is 12.2. The van der Waals surface area contributed by atoms with Gasteiger partial charge < -0.3 is 10.5 Å². The minimum absolute atomic E-state index is 0.0650. The Morgan fingerprint density at radius 2 is 2.16 bits per heavy atom. The summed E-state index contributed by atoms with van der Waals surface area (Å²) >= 11 is 5.80. The molecule has 1 fully saturated rings. The second-order valence-electron chi connectivity index (χ2n) is 4.52. The highest BCUT2D eigenvalue weighted by Crippen LogP contribution is 2.34. The summed E-state index contributed by atoms with van der Waals surface area (Å²) in [6.07, 6.45) is 1.77. The fraction of sp³-hybridized carbons (Fsp3) is 0.500. The molecule has 5 nitrogen and oxygen atoms in total. The summed E-state index contributed by atoms with van der Waals surface area (Å²) in [4.78, 5) is 0.111. The Bertz CT molecular complexity index is 558. The van der Waals surface area contributed by atoms with E-state index in [2.05, 4.69) is 0 Å². The average Bonchev–Trinajstić information content (AvgIpc) is 3.13. The molecule has 0 unspecified atom stereocenters. The summed E-state index contributed by atoms with van der Waals surface area (Å²) in [6.45, 7) is 0.703. The first-order valence-corrected chi connectivity index (χ1v) is 7.84. The molecule has 2 N–H and O–H groups in total. The van der Waals surface area contributed by atoms with Crippen LogP contribution >= 0.6 is 11.6 Å². The number of hydrogen-bond acceptors (Lipinski definition) is 4. The zero-order valence-electron chi connectivity index (χ0n) is 10.7. The van der Waals surface area contributed by atoms with Gasteiger partial charge in [0.2, 0.25) is 10.0 Å². The first-order valence-electron chi connectivity index (χ1n) is 6.02. The number of sulfonamides is 1. The van der Waals surface area contributed by atoms with Crippen molar-refractivity contribution in [2.24, 2.45) is 0 Å². The van der Waals surface area contributed by atoms with Crippen molar-refractivity contribution in [1.29, 1.82) is 0 Å². The lowest BCUT2D eigenvalue weighted by molar-refractivity contribution is 0.177. The van der Waals surface area contributed by atoms with Gasteiger partial charge in [-0.3, -0.25) is 0 Å². The average molecular weight is 305 g/mol. The molecule has 1 saturated carbocycles. The molecule has 0 aromatic heterocycles. The number of halogens is 1. The molecule has 0 bridgehead atoms. The maximum absolute atomic E-state index is 12.6. The molecule has 19 heavy (non-hydrogen) atoms. The normalized spacial score (nSPS) is 15.9. The highest BCUT2D eigenvalue weighted by molar-refractivity contribution is 7.89. The first kappa shape index (κ1) is 14.6. The Kier molecular flexibility index (Phi) is 4.35. The molecule has 0 atom stereocenters. The van der Waals surface area contributed by atoms with Gasteiger partial charge in [0.15, 0.2) is 0 Å². The fourth-order valence-electron chi connectivity index (χ4n) is 1.92. The topological polar surface area (TPSA) is 72.6 Å². The molecule has 1 aromatic carbocycles. The summed E-state index contributed by atoms with van der Waals surface area (Å²) in [7, 11) is -2.04. The van der Waals surface area contributed by atoms with Crippen LogP contribution in [0.4, 0.5) is 5.69 Å². The summed E-state index contributed by atoms with van der Waals surface area (Å²) in [5.74, 6) is 0. The van der Waals surface area contributed by atoms with Gasteiger partial charge in [0.1, 0.15) is 4.90 Å². The molecule has 1 aromatic rings. The van der Waals surface area contributed by atoms with Gasteiger partial charge in [0.25, 0.3) is 0 Å². The smallest absolute Gasteiger partial charge is 0.245 e. The third kappa shape index (κ3) is 3.20. The molecular formula is C12H17ClN2O3S. The molecule has 2 rings (SSSR count). The molecule has 1 aliphatic rings. The predicted molar refractivity (Wildman–Crippen MR) is 74.7 cm³/mol. The molecule has 7 heteroatoms. The summed E-state index contributed by atoms with van der Waals surface area (Å²) < 4.78 is 31.6. The van der Waals surface area contributed by atoms with Crippen LogP contribution in [-0.2, 0) is 14.8 Å². The van der Waals surface area contributed by atoms with Gasteiger partial charge in [-0.05, 0) is 31.0 Å². The second-order valence-corrected chi connectivity index (χ2v) is 6.82. The molecule has 0 spiro atoms. The van der Waals surface area contributed by atoms with E-state index in [0.29, 0.717) is 18.2 Å². The van der Waals surface area contributed by atoms with Gasteiger partial charge in [-0.25, -0.2) is 8.42 Å². The number of hydrogen-bond donors (Lipinski definition) is 1. The molecule has 0 saturated heterocycles. The lowest BCUT2D eigenvalue weighted by Gasteiger charge is -2.22. The summed E-state index contributed by atoms with van der Waals surface area (Å²) in [5, 5.41) is 0.423. The van der Waals surface area contributed by atoms with E-state index in [1.807, 2.05) is 0 Å². The van der Waals surface area contributed by atoms with Crippen molar-refractivity contribution in [1.82, 2.24) is 4.31 Å². The van der Waals surface area contributed by atoms with E-state index >= 15 is 0 Å². The third-order valence-corrected chi connectivity index (χ3v) is 5.29. The van der Waals surface area contributed by atoms with Crippen molar-refractivity contribution in [2.75, 3.05) is 26.0 Å². The third-order valence-electron chi connectivity index (χ3n) is 3.03. The predicted octanol–water partition coefficient (Wildman–Crippen LogP) is 1.72. The van der Waals surface area contributed by atoms with Gasteiger partial charge in [0.05, 0.1) is 12.3 Å². The standard InChI is InChI=1S/C12H17ClN2O3S/c1-18-7-6-15(10-3-4-10)19(16,17)12-5-2-9(13)8-11(12)14/h2,5,8,10H,3-4,6-7,14H2,1H3. The number of nitrogen functional groups attached to an aromatic ring is 1. The van der Waals surface area contributed by atoms with E-state index in [-0.39, 0.29) is 16.6 Å². The Morgan fingerprint density at radius 1 is 1.47 bits per heavy atom. The van der Waals surface area contributed by atoms with Crippen LogP contribution in [0.1, 0.15) is 12.8 Å². The zero-order chi connectivity index (χ0) is 14.0. The van der Waals surface area contributed by atoms with E-state index in [1.165, 1.54) is 22.5 Å². The lowest BCUT2D eigenvalue weighted by atomic mass is 10.3. The van der Waals surface area contributed by atoms with Crippen LogP contribution in [0.15, 0.2) is 23.1 Å². The van der Waals surface area contributed by atoms with Crippen LogP contribution in [-0.4, -0.2) is 39.0 Å². The largest absolute Gasteiger partial charge is 0.398 e. The van der Waals surface area contributed by atoms with Crippen LogP contribution in [0, 0.1) is 0 Å². The maximum Gasteiger partial charge on any atom is 0.245 e. The number of benzene rings is 1. The Balaban J connectivity index is 2.33. The molecule has 1 aliphatic carbocycles. The van der Waals surface area contributed by atoms with Gasteiger partial charge in [-0.1, -0.05) is 11.6 Å². The van der Waals surface area contributed by atoms with Crippen molar-refractivity contribution < 1.29 is 13.2 Å². The number of rotatable bonds is 6. The summed E-state index contributed by atoms with van der Waals surface area (Å²) in [6, 6.07) is 4.51. The molecule has 0 amide bonds. The fourth-order valence-corrected chi connectivity index (χ4v) is 3.87. The number of nitrogens with two attached hydrogens (primary N) is 1. The molecule has 0 radical (unpaired) electrons. The Hall–Kier alpha value is -0.820. The van der Waals surface area contributed by atoms with Crippen molar-refractivity contribution >= 4 is 27.3 Å². The summed E-state index contributed by atoms with van der Waals surface area (Å²) in [5.41, 5.74) is 5.95. The van der Waals surface area contributed by atoms with E-state index in [1.54, 1.807) is 7.11 Å². The Morgan fingerprint density at radius 3 is 2.68 bits per heavy atom. The van der Waals surface area contributed by atoms with Crippen molar-refractivity contribution in [2.45, 2.75) is 23.8 Å². The van der Waals surface area contributed by atoms with E-state index in [4.69, 9.17) is 22.1 Å². The number of methoxy groups -OCH3 is 1. The van der Waals surface area contributed by atoms with Crippen molar-refractivity contribution in [3.05, 3.63) is 23.2 Å². The van der Waals surface area contributed by atoms with Crippen molar-refractivity contribution in [3.8, 4) is 0 Å². The minimum atomic E-state index is -3.59. The number of ether oxygens (including phenoxy) is 1. The van der Waals surface area contributed by atoms with Gasteiger partial charge in [-0.15, -0.1) is 0 Å². The van der Waals surface area contributed by atoms with E-state index in [9.17, 15) is 8.42 Å². The monoisotopic (exact) mass is 304 g/mol. The minimum Gasteiger partial charge on any atom is -0.398 e. The maximum atomic E-state index is 12.6. The SMILES string of the molecule is COCCN(C1CC1)S(=O)(=O)c1ccc(Cl)cc1N. The van der Waals surface area contributed by atoms with E-state index in [0.717, 1.165) is 12.8 Å². The number of nitrogens with zero attached hydrogens (tertiary/aromatic N) is 1. The van der Waals surface area contributed by atoms with Gasteiger partial charge >= 0.3 is 0 Å². The van der Waals surface area contributed by atoms with Crippen LogP contribution < -0.4 is 5.73 Å². The molecule has 0 aliphatic heterocycles. The first-order chi connectivity index (χ1) is 8.96. The van der Waals surface area contributed by atoms with Crippen LogP contribution in [0.2, 0.25) is 5.02 Å². The Labute approximate surface area is 118 Å². The number of anilines is 1. The van der Waals surface area contributed by atoms with Gasteiger partial charge in [0, 0.05) is 24.7 Å². The molecule has 106 valence electrons. The van der Waals surface area contributed by atoms with Crippen LogP contribution in [0.5, 0.6) is 0 Å². The molecule has 0 heterocycles. The quantitative estimate of drug-likeness (QED) is 0.812. The second kappa shape index (κ2) is 5.66. The van der Waals surface area contributed by atoms with Crippen LogP contribution in [0.25, 0.3) is 0 Å². The van der Waals surface area contributed by atoms with E-state index < -0.39 is 10.0 Å². The van der Waals surface area contributed by atoms with Gasteiger partial charge in [-0.2, -0.15) is 4.31 Å². The lowest BCUT2D eigenvalue weighted by Crippen LogP contribution is -2.36. The van der Waals surface area contributed by atoms with Crippen molar-refractivity contribution in [3.63, 3.8) is 0 Å². The van der Waals surface area contributed by atoms with Crippen LogP contribution in [0.3, 0.4) is 0 Å². The molecular weight excluding hydrogens is 288 g/mol. The highest BCUT2D eigenvalue weighted by Gasteiger charge is 2.38.